The summed E-state index contributed by atoms with van der Waals surface area (Å²) in [6.07, 6.45) is 3.94. The second-order valence-corrected chi connectivity index (χ2v) is 6.34. The van der Waals surface area contributed by atoms with Crippen LogP contribution in [0.1, 0.15) is 31.5 Å². The first-order valence-corrected chi connectivity index (χ1v) is 8.91. The quantitative estimate of drug-likeness (QED) is 0.762. The van der Waals surface area contributed by atoms with Gasteiger partial charge in [-0.3, -0.25) is 4.90 Å². The highest BCUT2D eigenvalue weighted by Crippen LogP contribution is 2.39. The highest BCUT2D eigenvalue weighted by Gasteiger charge is 2.44. The average molecular weight is 365 g/mol. The zero-order valence-electron chi connectivity index (χ0n) is 13.8. The molecule has 3 heterocycles. The van der Waals surface area contributed by atoms with Crippen molar-refractivity contribution in [3.63, 3.8) is 0 Å². The van der Waals surface area contributed by atoms with E-state index in [4.69, 9.17) is 4.18 Å². The van der Waals surface area contributed by atoms with Gasteiger partial charge in [0.05, 0.1) is 13.7 Å². The highest BCUT2D eigenvalue weighted by atomic mass is 32.2. The maximum atomic E-state index is 11.9. The maximum absolute atomic E-state index is 11.9. The number of methoxy groups -OCH3 is 1. The predicted molar refractivity (Wildman–Crippen MR) is 85.8 cm³/mol. The molecular formula is C15H22F3N3O2S. The molecule has 0 spiro atoms. The minimum atomic E-state index is -4.52. The molecule has 2 aliphatic rings. The van der Waals surface area contributed by atoms with Crippen LogP contribution >= 0.6 is 12.0 Å². The molecule has 2 saturated heterocycles. The van der Waals surface area contributed by atoms with Gasteiger partial charge in [-0.15, -0.1) is 0 Å². The van der Waals surface area contributed by atoms with E-state index in [0.717, 1.165) is 12.8 Å². The molecule has 0 bridgehead atoms. The lowest BCUT2D eigenvalue weighted by Crippen LogP contribution is -2.41. The normalized spacial score (nSPS) is 19.5. The monoisotopic (exact) mass is 365 g/mol. The molecular weight excluding hydrogens is 343 g/mol. The van der Waals surface area contributed by atoms with Crippen molar-refractivity contribution >= 4 is 12.0 Å². The summed E-state index contributed by atoms with van der Waals surface area (Å²) in [5, 5.41) is 0. The van der Waals surface area contributed by atoms with E-state index in [0.29, 0.717) is 5.54 Å². The minimum absolute atomic E-state index is 0.0997. The molecule has 2 aliphatic heterocycles. The van der Waals surface area contributed by atoms with Crippen molar-refractivity contribution in [2.75, 3.05) is 33.1 Å². The molecule has 1 aromatic rings. The van der Waals surface area contributed by atoms with Crippen LogP contribution < -0.4 is 4.74 Å². The Morgan fingerprint density at radius 3 is 2.50 bits per heavy atom. The van der Waals surface area contributed by atoms with E-state index in [9.17, 15) is 13.2 Å². The molecule has 3 rings (SSSR count). The van der Waals surface area contributed by atoms with E-state index in [-0.39, 0.29) is 5.88 Å². The Balaban J connectivity index is 0.000000174. The van der Waals surface area contributed by atoms with Crippen LogP contribution in [0.25, 0.3) is 0 Å². The fourth-order valence-electron chi connectivity index (χ4n) is 3.22. The lowest BCUT2D eigenvalue weighted by atomic mass is 9.95. The molecule has 1 aromatic heterocycles. The molecule has 2 fully saturated rings. The lowest BCUT2D eigenvalue weighted by molar-refractivity contribution is -0.145. The molecule has 5 nitrogen and oxygen atoms in total. The van der Waals surface area contributed by atoms with Gasteiger partial charge in [0.1, 0.15) is 0 Å². The Morgan fingerprint density at radius 1 is 1.29 bits per heavy atom. The van der Waals surface area contributed by atoms with Gasteiger partial charge in [-0.25, -0.2) is 4.98 Å². The van der Waals surface area contributed by atoms with Gasteiger partial charge in [-0.1, -0.05) is 0 Å². The van der Waals surface area contributed by atoms with Crippen LogP contribution in [0.2, 0.25) is 0 Å². The number of rotatable bonds is 4. The number of ether oxygens (including phenoxy) is 1. The van der Waals surface area contributed by atoms with Gasteiger partial charge in [-0.2, -0.15) is 18.2 Å². The standard InChI is InChI=1S/C9H17NOS.C6H5F3N2O/c1-12-11-8-9-4-2-6-10(9)7-3-5-9;1-12-4-2-3-10-5(11-4)6(7,8)9/h2-8H2,1H3;2-3H,1H3. The SMILES string of the molecule is COc1ccnc(C(F)(F)F)n1.CSOCC12CCCN1CCC2. The van der Waals surface area contributed by atoms with Crippen LogP contribution in [0, 0.1) is 0 Å². The van der Waals surface area contributed by atoms with Gasteiger partial charge in [0.15, 0.2) is 0 Å². The number of halogens is 3. The summed E-state index contributed by atoms with van der Waals surface area (Å²) in [6, 6.07) is 1.25. The van der Waals surface area contributed by atoms with Crippen LogP contribution in [0.5, 0.6) is 5.88 Å². The third kappa shape index (κ3) is 4.73. The van der Waals surface area contributed by atoms with Crippen LogP contribution in [-0.4, -0.2) is 53.5 Å². The summed E-state index contributed by atoms with van der Waals surface area (Å²) < 4.78 is 45.8. The first-order valence-electron chi connectivity index (χ1n) is 7.76. The molecule has 0 atom stereocenters. The second kappa shape index (κ2) is 8.35. The molecule has 9 heteroatoms. The van der Waals surface area contributed by atoms with Gasteiger partial charge in [0.2, 0.25) is 11.7 Å². The summed E-state index contributed by atoms with van der Waals surface area (Å²) in [5.41, 5.74) is 0.447. The number of alkyl halides is 3. The van der Waals surface area contributed by atoms with Gasteiger partial charge in [0, 0.05) is 24.1 Å². The summed E-state index contributed by atoms with van der Waals surface area (Å²) in [4.78, 5) is 8.77. The van der Waals surface area contributed by atoms with E-state index >= 15 is 0 Å². The van der Waals surface area contributed by atoms with Crippen molar-refractivity contribution in [2.24, 2.45) is 0 Å². The van der Waals surface area contributed by atoms with Crippen molar-refractivity contribution in [2.45, 2.75) is 37.4 Å². The molecule has 0 radical (unpaired) electrons. The number of fused-ring (bicyclic) bond motifs is 1. The van der Waals surface area contributed by atoms with E-state index in [1.807, 2.05) is 6.26 Å². The van der Waals surface area contributed by atoms with Crippen molar-refractivity contribution in [1.82, 2.24) is 14.9 Å². The number of hydrogen-bond acceptors (Lipinski definition) is 6. The van der Waals surface area contributed by atoms with E-state index in [2.05, 4.69) is 19.6 Å². The Hall–Kier alpha value is -1.06. The molecule has 0 saturated carbocycles. The largest absolute Gasteiger partial charge is 0.481 e. The number of nitrogens with zero attached hydrogens (tertiary/aromatic N) is 3. The highest BCUT2D eigenvalue weighted by molar-refractivity contribution is 7.93. The second-order valence-electron chi connectivity index (χ2n) is 5.77. The van der Waals surface area contributed by atoms with Gasteiger partial charge in [0.25, 0.3) is 0 Å². The molecule has 0 aliphatic carbocycles. The van der Waals surface area contributed by atoms with Crippen LogP contribution in [0.3, 0.4) is 0 Å². The van der Waals surface area contributed by atoms with E-state index in [1.165, 1.54) is 64.0 Å². The third-order valence-corrected chi connectivity index (χ3v) is 4.70. The van der Waals surface area contributed by atoms with Crippen molar-refractivity contribution in [3.8, 4) is 5.88 Å². The summed E-state index contributed by atoms with van der Waals surface area (Å²) in [7, 11) is 1.24. The molecule has 136 valence electrons. The minimum Gasteiger partial charge on any atom is -0.481 e. The fraction of sp³-hybridized carbons (Fsp3) is 0.733. The maximum Gasteiger partial charge on any atom is 0.451 e. The summed E-state index contributed by atoms with van der Waals surface area (Å²) in [6.45, 7) is 3.55. The summed E-state index contributed by atoms with van der Waals surface area (Å²) in [5.74, 6) is -1.29. The first kappa shape index (κ1) is 19.3. The Labute approximate surface area is 144 Å². The molecule has 0 aromatic carbocycles. The number of aromatic nitrogens is 2. The topological polar surface area (TPSA) is 47.5 Å². The average Bonchev–Trinajstić information content (AvgIpc) is 3.13. The third-order valence-electron chi connectivity index (χ3n) is 4.35. The number of hydrogen-bond donors (Lipinski definition) is 0. The van der Waals surface area contributed by atoms with E-state index in [1.54, 1.807) is 0 Å². The van der Waals surface area contributed by atoms with Crippen molar-refractivity contribution in [3.05, 3.63) is 18.1 Å². The van der Waals surface area contributed by atoms with Crippen molar-refractivity contribution in [1.29, 1.82) is 0 Å². The molecule has 24 heavy (non-hydrogen) atoms. The molecule has 0 unspecified atom stereocenters. The zero-order chi connectivity index (χ0) is 17.6. The van der Waals surface area contributed by atoms with Gasteiger partial charge in [-0.05, 0) is 50.8 Å². The van der Waals surface area contributed by atoms with Gasteiger partial charge < -0.3 is 8.92 Å². The Bertz CT molecular complexity index is 521. The molecule has 0 amide bonds. The fourth-order valence-corrected chi connectivity index (χ4v) is 3.56. The first-order chi connectivity index (χ1) is 11.4. The summed E-state index contributed by atoms with van der Waals surface area (Å²) >= 11 is 1.51. The lowest BCUT2D eigenvalue weighted by Gasteiger charge is -2.30. The van der Waals surface area contributed by atoms with Crippen LogP contribution in [0.15, 0.2) is 12.3 Å². The van der Waals surface area contributed by atoms with Crippen LogP contribution in [-0.2, 0) is 10.4 Å². The van der Waals surface area contributed by atoms with Crippen LogP contribution in [0.4, 0.5) is 13.2 Å². The zero-order valence-corrected chi connectivity index (χ0v) is 14.6. The van der Waals surface area contributed by atoms with E-state index < -0.39 is 12.0 Å². The van der Waals surface area contributed by atoms with Gasteiger partial charge >= 0.3 is 6.18 Å². The Morgan fingerprint density at radius 2 is 1.96 bits per heavy atom. The Kier molecular flexibility index (Phi) is 6.70. The smallest absolute Gasteiger partial charge is 0.451 e. The molecule has 0 N–H and O–H groups in total. The predicted octanol–water partition coefficient (Wildman–Crippen LogP) is 3.41. The van der Waals surface area contributed by atoms with Crippen molar-refractivity contribution < 1.29 is 22.1 Å².